The molecule has 1 aliphatic rings. The first-order valence-corrected chi connectivity index (χ1v) is 7.45. The predicted molar refractivity (Wildman–Crippen MR) is 86.0 cm³/mol. The Labute approximate surface area is 128 Å². The summed E-state index contributed by atoms with van der Waals surface area (Å²) >= 11 is 0. The summed E-state index contributed by atoms with van der Waals surface area (Å²) in [5, 5.41) is 4.97. The first-order chi connectivity index (χ1) is 10.8. The number of carbonyl (C=O) groups excluding carboxylic acids is 1. The maximum Gasteiger partial charge on any atom is 0.257 e. The zero-order chi connectivity index (χ0) is 14.9. The van der Waals surface area contributed by atoms with Gasteiger partial charge in [0.25, 0.3) is 5.91 Å². The van der Waals surface area contributed by atoms with E-state index in [2.05, 4.69) is 15.3 Å². The maximum absolute atomic E-state index is 12.7. The van der Waals surface area contributed by atoms with E-state index in [-0.39, 0.29) is 5.91 Å². The Morgan fingerprint density at radius 2 is 1.86 bits per heavy atom. The van der Waals surface area contributed by atoms with Crippen molar-refractivity contribution in [3.8, 4) is 0 Å². The third-order valence-electron chi connectivity index (χ3n) is 4.14. The Hall–Kier alpha value is -2.75. The molecule has 1 aliphatic carbocycles. The average Bonchev–Trinajstić information content (AvgIpc) is 3.04. The highest BCUT2D eigenvalue weighted by atomic mass is 16.1. The van der Waals surface area contributed by atoms with Crippen LogP contribution in [0.1, 0.15) is 28.0 Å². The molecule has 0 saturated heterocycles. The first kappa shape index (κ1) is 13.0. The lowest BCUT2D eigenvalue weighted by atomic mass is 10.0. The first-order valence-electron chi connectivity index (χ1n) is 7.45. The van der Waals surface area contributed by atoms with Crippen LogP contribution in [0.2, 0.25) is 0 Å². The van der Waals surface area contributed by atoms with Crippen LogP contribution in [0.25, 0.3) is 10.8 Å². The largest absolute Gasteiger partial charge is 0.306 e. The zero-order valence-corrected chi connectivity index (χ0v) is 12.0. The number of anilines is 1. The summed E-state index contributed by atoms with van der Waals surface area (Å²) in [5.74, 6) is 0.532. The molecule has 0 atom stereocenters. The molecule has 1 heterocycles. The summed E-state index contributed by atoms with van der Waals surface area (Å²) in [5.41, 5.74) is 2.81. The summed E-state index contributed by atoms with van der Waals surface area (Å²) in [7, 11) is 0. The van der Waals surface area contributed by atoms with Crippen molar-refractivity contribution in [2.75, 3.05) is 5.32 Å². The third kappa shape index (κ3) is 2.13. The van der Waals surface area contributed by atoms with Crippen LogP contribution in [0, 0.1) is 0 Å². The molecule has 0 saturated carbocycles. The lowest BCUT2D eigenvalue weighted by Gasteiger charge is -2.10. The zero-order valence-electron chi connectivity index (χ0n) is 12.0. The van der Waals surface area contributed by atoms with E-state index in [0.29, 0.717) is 11.4 Å². The molecule has 1 aromatic heterocycles. The van der Waals surface area contributed by atoms with Gasteiger partial charge in [-0.15, -0.1) is 0 Å². The minimum atomic E-state index is -0.121. The fourth-order valence-corrected chi connectivity index (χ4v) is 3.07. The van der Waals surface area contributed by atoms with Crippen LogP contribution < -0.4 is 5.32 Å². The molecule has 0 bridgehead atoms. The molecule has 0 radical (unpaired) electrons. The van der Waals surface area contributed by atoms with Gasteiger partial charge in [0, 0.05) is 16.8 Å². The number of nitrogens with one attached hydrogen (secondary N) is 1. The molecule has 1 N–H and O–H groups in total. The molecule has 0 unspecified atom stereocenters. The number of amides is 1. The number of nitrogens with zero attached hydrogens (tertiary/aromatic N) is 2. The Morgan fingerprint density at radius 1 is 1.00 bits per heavy atom. The smallest absolute Gasteiger partial charge is 0.257 e. The van der Waals surface area contributed by atoms with E-state index in [0.717, 1.165) is 41.3 Å². The number of benzene rings is 2. The van der Waals surface area contributed by atoms with Gasteiger partial charge in [-0.1, -0.05) is 36.4 Å². The second-order valence-electron chi connectivity index (χ2n) is 5.48. The van der Waals surface area contributed by atoms with Crippen LogP contribution in [-0.4, -0.2) is 15.9 Å². The SMILES string of the molecule is O=C(Nc1ncnc2c1CCC2)c1cccc2ccccc12. The number of aromatic nitrogens is 2. The number of rotatable bonds is 2. The second kappa shape index (κ2) is 5.22. The molecule has 22 heavy (non-hydrogen) atoms. The van der Waals surface area contributed by atoms with Gasteiger partial charge in [-0.3, -0.25) is 4.79 Å². The highest BCUT2D eigenvalue weighted by Gasteiger charge is 2.19. The monoisotopic (exact) mass is 289 g/mol. The predicted octanol–water partition coefficient (Wildman–Crippen LogP) is 3.37. The molecule has 0 fully saturated rings. The van der Waals surface area contributed by atoms with Gasteiger partial charge in [-0.05, 0) is 36.1 Å². The molecule has 4 nitrogen and oxygen atoms in total. The Morgan fingerprint density at radius 3 is 2.82 bits per heavy atom. The van der Waals surface area contributed by atoms with E-state index >= 15 is 0 Å². The quantitative estimate of drug-likeness (QED) is 0.787. The maximum atomic E-state index is 12.7. The van der Waals surface area contributed by atoms with Crippen molar-refractivity contribution in [2.24, 2.45) is 0 Å². The molecule has 108 valence electrons. The number of fused-ring (bicyclic) bond motifs is 2. The van der Waals surface area contributed by atoms with Gasteiger partial charge in [-0.25, -0.2) is 9.97 Å². The van der Waals surface area contributed by atoms with Gasteiger partial charge >= 0.3 is 0 Å². The van der Waals surface area contributed by atoms with E-state index in [9.17, 15) is 4.79 Å². The van der Waals surface area contributed by atoms with Gasteiger partial charge in [0.2, 0.25) is 0 Å². The van der Waals surface area contributed by atoms with Crippen molar-refractivity contribution in [1.29, 1.82) is 0 Å². The van der Waals surface area contributed by atoms with E-state index in [1.54, 1.807) is 0 Å². The lowest BCUT2D eigenvalue weighted by Crippen LogP contribution is -2.15. The Kier molecular flexibility index (Phi) is 3.07. The normalized spacial score (nSPS) is 13.1. The minimum absolute atomic E-state index is 0.121. The number of hydrogen-bond acceptors (Lipinski definition) is 3. The number of carbonyl (C=O) groups is 1. The van der Waals surface area contributed by atoms with Crippen LogP contribution in [0.5, 0.6) is 0 Å². The van der Waals surface area contributed by atoms with Crippen LogP contribution in [-0.2, 0) is 12.8 Å². The fraction of sp³-hybridized carbons (Fsp3) is 0.167. The second-order valence-corrected chi connectivity index (χ2v) is 5.48. The van der Waals surface area contributed by atoms with Crippen molar-refractivity contribution >= 4 is 22.5 Å². The topological polar surface area (TPSA) is 54.9 Å². The summed E-state index contributed by atoms with van der Waals surface area (Å²) < 4.78 is 0. The van der Waals surface area contributed by atoms with Crippen molar-refractivity contribution in [2.45, 2.75) is 19.3 Å². The molecule has 2 aromatic carbocycles. The highest BCUT2D eigenvalue weighted by Crippen LogP contribution is 2.26. The summed E-state index contributed by atoms with van der Waals surface area (Å²) in [6.45, 7) is 0. The Balaban J connectivity index is 1.72. The van der Waals surface area contributed by atoms with E-state index in [4.69, 9.17) is 0 Å². The molecular formula is C18H15N3O. The van der Waals surface area contributed by atoms with Crippen molar-refractivity contribution < 1.29 is 4.79 Å². The summed E-state index contributed by atoms with van der Waals surface area (Å²) in [6.07, 6.45) is 4.50. The minimum Gasteiger partial charge on any atom is -0.306 e. The van der Waals surface area contributed by atoms with Crippen LogP contribution in [0.4, 0.5) is 5.82 Å². The van der Waals surface area contributed by atoms with Crippen molar-refractivity contribution in [1.82, 2.24) is 9.97 Å². The molecule has 0 spiro atoms. The van der Waals surface area contributed by atoms with E-state index in [1.807, 2.05) is 42.5 Å². The lowest BCUT2D eigenvalue weighted by molar-refractivity contribution is 0.102. The molecule has 4 heteroatoms. The summed E-state index contributed by atoms with van der Waals surface area (Å²) in [4.78, 5) is 21.2. The van der Waals surface area contributed by atoms with Gasteiger partial charge in [0.1, 0.15) is 12.1 Å². The third-order valence-corrected chi connectivity index (χ3v) is 4.14. The summed E-state index contributed by atoms with van der Waals surface area (Å²) in [6, 6.07) is 13.7. The Bertz CT molecular complexity index is 868. The highest BCUT2D eigenvalue weighted by molar-refractivity contribution is 6.12. The molecule has 3 aromatic rings. The molecule has 4 rings (SSSR count). The van der Waals surface area contributed by atoms with Gasteiger partial charge < -0.3 is 5.32 Å². The number of aryl methyl sites for hydroxylation is 1. The molecule has 0 aliphatic heterocycles. The van der Waals surface area contributed by atoms with Crippen LogP contribution in [0.3, 0.4) is 0 Å². The van der Waals surface area contributed by atoms with E-state index < -0.39 is 0 Å². The van der Waals surface area contributed by atoms with Gasteiger partial charge in [0.05, 0.1) is 0 Å². The molecule has 1 amide bonds. The van der Waals surface area contributed by atoms with Gasteiger partial charge in [0.15, 0.2) is 0 Å². The van der Waals surface area contributed by atoms with E-state index in [1.165, 1.54) is 6.33 Å². The average molecular weight is 289 g/mol. The van der Waals surface area contributed by atoms with Crippen LogP contribution >= 0.6 is 0 Å². The van der Waals surface area contributed by atoms with Crippen LogP contribution in [0.15, 0.2) is 48.8 Å². The number of hydrogen-bond donors (Lipinski definition) is 1. The van der Waals surface area contributed by atoms with Crippen molar-refractivity contribution in [3.05, 3.63) is 65.6 Å². The molecular weight excluding hydrogens is 274 g/mol. The van der Waals surface area contributed by atoms with Crippen molar-refractivity contribution in [3.63, 3.8) is 0 Å². The fourth-order valence-electron chi connectivity index (χ4n) is 3.07. The standard InChI is InChI=1S/C18H15N3O/c22-18(14-8-3-6-12-5-1-2-7-13(12)14)21-17-15-9-4-10-16(15)19-11-20-17/h1-3,5-8,11H,4,9-10H2,(H,19,20,21,22). The van der Waals surface area contributed by atoms with Gasteiger partial charge in [-0.2, -0.15) is 0 Å².